The lowest BCUT2D eigenvalue weighted by Gasteiger charge is -2.29. The molecule has 5 rings (SSSR count). The van der Waals surface area contributed by atoms with Crippen LogP contribution in [0.5, 0.6) is 6.01 Å². The lowest BCUT2D eigenvalue weighted by atomic mass is 10.0. The summed E-state index contributed by atoms with van der Waals surface area (Å²) in [4.78, 5) is 18.4. The van der Waals surface area contributed by atoms with Crippen molar-refractivity contribution in [3.63, 3.8) is 0 Å². The van der Waals surface area contributed by atoms with Gasteiger partial charge in [-0.05, 0) is 44.1 Å². The number of hydrogen-bond acceptors (Lipinski definition) is 7. The smallest absolute Gasteiger partial charge is 0.319 e. The summed E-state index contributed by atoms with van der Waals surface area (Å²) in [6.07, 6.45) is 3.65. The highest BCUT2D eigenvalue weighted by atomic mass is 19.1. The SMILES string of the molecule is CCCN(C)C(C)CCOc1nc(N2CCNCC2)c2cnc(-c3cccc4ccccc34)c(F)c2n1. The minimum atomic E-state index is -0.450. The molecule has 2 aromatic heterocycles. The summed E-state index contributed by atoms with van der Waals surface area (Å²) in [6.45, 7) is 9.10. The lowest BCUT2D eigenvalue weighted by Crippen LogP contribution is -2.44. The van der Waals surface area contributed by atoms with Crippen molar-refractivity contribution < 1.29 is 9.13 Å². The molecule has 4 aromatic rings. The second-order valence-corrected chi connectivity index (χ2v) is 9.74. The third-order valence-electron chi connectivity index (χ3n) is 7.20. The van der Waals surface area contributed by atoms with E-state index in [1.54, 1.807) is 6.20 Å². The van der Waals surface area contributed by atoms with Crippen molar-refractivity contribution in [2.24, 2.45) is 0 Å². The Morgan fingerprint density at radius 2 is 1.86 bits per heavy atom. The minimum Gasteiger partial charge on any atom is -0.463 e. The number of anilines is 1. The number of halogens is 1. The van der Waals surface area contributed by atoms with Crippen molar-refractivity contribution in [3.05, 3.63) is 54.5 Å². The molecule has 0 amide bonds. The van der Waals surface area contributed by atoms with Gasteiger partial charge in [-0.25, -0.2) is 4.39 Å². The van der Waals surface area contributed by atoms with E-state index < -0.39 is 5.82 Å². The molecule has 7 nitrogen and oxygen atoms in total. The number of rotatable bonds is 9. The van der Waals surface area contributed by atoms with Crippen LogP contribution in [0, 0.1) is 5.82 Å². The molecule has 3 heterocycles. The van der Waals surface area contributed by atoms with Crippen molar-refractivity contribution >= 4 is 27.5 Å². The molecule has 194 valence electrons. The van der Waals surface area contributed by atoms with Crippen molar-refractivity contribution in [3.8, 4) is 17.3 Å². The number of piperazine rings is 1. The highest BCUT2D eigenvalue weighted by Gasteiger charge is 2.23. The number of nitrogens with one attached hydrogen (secondary N) is 1. The molecule has 0 aliphatic carbocycles. The van der Waals surface area contributed by atoms with Gasteiger partial charge in [0, 0.05) is 44.0 Å². The molecule has 1 atom stereocenters. The Morgan fingerprint density at radius 3 is 2.68 bits per heavy atom. The fraction of sp³-hybridized carbons (Fsp3) is 0.414. The minimum absolute atomic E-state index is 0.209. The molecule has 1 unspecified atom stereocenters. The predicted octanol–water partition coefficient (Wildman–Crippen LogP) is 4.89. The van der Waals surface area contributed by atoms with Gasteiger partial charge < -0.3 is 19.9 Å². The van der Waals surface area contributed by atoms with Gasteiger partial charge in [0.15, 0.2) is 5.82 Å². The summed E-state index contributed by atoms with van der Waals surface area (Å²) in [5, 5.41) is 5.96. The molecular formula is C29H35FN6O. The van der Waals surface area contributed by atoms with Gasteiger partial charge in [-0.15, -0.1) is 0 Å². The van der Waals surface area contributed by atoms with Crippen LogP contribution in [-0.4, -0.2) is 72.3 Å². The van der Waals surface area contributed by atoms with Gasteiger partial charge in [0.1, 0.15) is 17.0 Å². The van der Waals surface area contributed by atoms with Gasteiger partial charge in [0.25, 0.3) is 0 Å². The number of aromatic nitrogens is 3. The monoisotopic (exact) mass is 502 g/mol. The maximum absolute atomic E-state index is 16.2. The Bertz CT molecular complexity index is 1370. The zero-order chi connectivity index (χ0) is 25.8. The zero-order valence-electron chi connectivity index (χ0n) is 21.9. The molecule has 1 saturated heterocycles. The molecule has 1 fully saturated rings. The van der Waals surface area contributed by atoms with Gasteiger partial charge in [0.2, 0.25) is 0 Å². The Hall–Kier alpha value is -3.36. The third kappa shape index (κ3) is 5.36. The summed E-state index contributed by atoms with van der Waals surface area (Å²) in [5.74, 6) is 0.224. The van der Waals surface area contributed by atoms with Gasteiger partial charge in [-0.1, -0.05) is 49.4 Å². The summed E-state index contributed by atoms with van der Waals surface area (Å²) in [5.41, 5.74) is 1.28. The number of fused-ring (bicyclic) bond motifs is 2. The van der Waals surface area contributed by atoms with Crippen LogP contribution in [0.2, 0.25) is 0 Å². The summed E-state index contributed by atoms with van der Waals surface area (Å²) >= 11 is 0. The van der Waals surface area contributed by atoms with Crippen LogP contribution in [0.1, 0.15) is 26.7 Å². The summed E-state index contributed by atoms with van der Waals surface area (Å²) in [7, 11) is 2.13. The van der Waals surface area contributed by atoms with Crippen molar-refractivity contribution in [1.82, 2.24) is 25.2 Å². The molecule has 2 aromatic carbocycles. The highest BCUT2D eigenvalue weighted by molar-refractivity contribution is 5.99. The molecule has 0 spiro atoms. The average molecular weight is 503 g/mol. The standard InChI is InChI=1S/C29H35FN6O/c1-4-15-35(3)20(2)12-18-37-29-33-27-24(28(34-29)36-16-13-31-14-17-36)19-32-26(25(27)30)23-11-7-9-21-8-5-6-10-22(21)23/h5-11,19-20,31H,4,12-18H2,1-3H3. The van der Waals surface area contributed by atoms with E-state index in [4.69, 9.17) is 9.72 Å². The third-order valence-corrected chi connectivity index (χ3v) is 7.20. The largest absolute Gasteiger partial charge is 0.463 e. The van der Waals surface area contributed by atoms with Crippen LogP contribution >= 0.6 is 0 Å². The average Bonchev–Trinajstić information content (AvgIpc) is 2.93. The topological polar surface area (TPSA) is 66.4 Å². The predicted molar refractivity (Wildman–Crippen MR) is 148 cm³/mol. The molecule has 8 heteroatoms. The normalized spacial score (nSPS) is 15.0. The molecule has 1 aliphatic rings. The van der Waals surface area contributed by atoms with E-state index in [2.05, 4.69) is 46.0 Å². The maximum atomic E-state index is 16.2. The highest BCUT2D eigenvalue weighted by Crippen LogP contribution is 2.34. The number of nitrogens with zero attached hydrogens (tertiary/aromatic N) is 5. The van der Waals surface area contributed by atoms with Crippen molar-refractivity contribution in [2.75, 3.05) is 51.3 Å². The van der Waals surface area contributed by atoms with Crippen LogP contribution in [0.4, 0.5) is 10.2 Å². The fourth-order valence-corrected chi connectivity index (χ4v) is 4.94. The summed E-state index contributed by atoms with van der Waals surface area (Å²) < 4.78 is 22.2. The number of pyridine rings is 1. The fourth-order valence-electron chi connectivity index (χ4n) is 4.94. The van der Waals surface area contributed by atoms with E-state index in [0.29, 0.717) is 23.9 Å². The van der Waals surface area contributed by atoms with E-state index >= 15 is 4.39 Å². The molecule has 37 heavy (non-hydrogen) atoms. The van der Waals surface area contributed by atoms with Gasteiger partial charge in [-0.2, -0.15) is 9.97 Å². The molecule has 1 N–H and O–H groups in total. The van der Waals surface area contributed by atoms with Crippen LogP contribution < -0.4 is 15.0 Å². The Kier molecular flexibility index (Phi) is 7.76. The van der Waals surface area contributed by atoms with Crippen molar-refractivity contribution in [2.45, 2.75) is 32.7 Å². The molecule has 0 bridgehead atoms. The summed E-state index contributed by atoms with van der Waals surface area (Å²) in [6, 6.07) is 14.4. The Balaban J connectivity index is 1.54. The maximum Gasteiger partial charge on any atom is 0.319 e. The van der Waals surface area contributed by atoms with Gasteiger partial charge in [-0.3, -0.25) is 4.98 Å². The van der Waals surface area contributed by atoms with Crippen LogP contribution in [0.3, 0.4) is 0 Å². The molecule has 1 aliphatic heterocycles. The van der Waals surface area contributed by atoms with E-state index in [0.717, 1.165) is 61.9 Å². The number of hydrogen-bond donors (Lipinski definition) is 1. The quantitative estimate of drug-likeness (QED) is 0.349. The molecule has 0 saturated carbocycles. The second-order valence-electron chi connectivity index (χ2n) is 9.74. The van der Waals surface area contributed by atoms with Gasteiger partial charge in [0.05, 0.1) is 12.0 Å². The Labute approximate surface area is 217 Å². The first-order chi connectivity index (χ1) is 18.1. The first-order valence-corrected chi connectivity index (χ1v) is 13.2. The van der Waals surface area contributed by atoms with Gasteiger partial charge >= 0.3 is 6.01 Å². The Morgan fingerprint density at radius 1 is 1.08 bits per heavy atom. The number of benzene rings is 2. The second kappa shape index (κ2) is 11.4. The first-order valence-electron chi connectivity index (χ1n) is 13.2. The van der Waals surface area contributed by atoms with Crippen LogP contribution in [0.15, 0.2) is 48.7 Å². The van der Waals surface area contributed by atoms with E-state index in [1.165, 1.54) is 0 Å². The molecular weight excluding hydrogens is 467 g/mol. The van der Waals surface area contributed by atoms with Crippen LogP contribution in [0.25, 0.3) is 32.9 Å². The first kappa shape index (κ1) is 25.3. The van der Waals surface area contributed by atoms with Crippen LogP contribution in [-0.2, 0) is 0 Å². The van der Waals surface area contributed by atoms with E-state index in [1.807, 2.05) is 42.5 Å². The van der Waals surface area contributed by atoms with Crippen molar-refractivity contribution in [1.29, 1.82) is 0 Å². The van der Waals surface area contributed by atoms with E-state index in [-0.39, 0.29) is 17.2 Å². The molecule has 0 radical (unpaired) electrons. The number of ether oxygens (including phenoxy) is 1. The lowest BCUT2D eigenvalue weighted by molar-refractivity contribution is 0.200. The zero-order valence-corrected chi connectivity index (χ0v) is 21.9. The van der Waals surface area contributed by atoms with E-state index in [9.17, 15) is 0 Å².